The number of nitrogens with one attached hydrogen (secondary N) is 1. The van der Waals surface area contributed by atoms with Gasteiger partial charge in [-0.05, 0) is 60.8 Å². The Labute approximate surface area is 199 Å². The number of amides is 2. The molecular weight excluding hydrogens is 458 g/mol. The van der Waals surface area contributed by atoms with Crippen LogP contribution in [0, 0.1) is 10.1 Å². The number of carbonyl (C=O) groups excluding carboxylic acids is 2. The van der Waals surface area contributed by atoms with Crippen LogP contribution in [0.1, 0.15) is 5.56 Å². The number of benzene rings is 3. The van der Waals surface area contributed by atoms with Gasteiger partial charge in [0, 0.05) is 17.7 Å². The highest BCUT2D eigenvalue weighted by atomic mass is 32.1. The normalized spacial score (nSPS) is 14.7. The van der Waals surface area contributed by atoms with Crippen molar-refractivity contribution in [3.63, 3.8) is 0 Å². The molecule has 34 heavy (non-hydrogen) atoms. The second-order valence-corrected chi connectivity index (χ2v) is 7.44. The lowest BCUT2D eigenvalue weighted by molar-refractivity contribution is -0.384. The Bertz CT molecular complexity index is 1320. The molecule has 9 nitrogen and oxygen atoms in total. The van der Waals surface area contributed by atoms with Crippen molar-refractivity contribution in [2.24, 2.45) is 0 Å². The first-order chi connectivity index (χ1) is 16.4. The van der Waals surface area contributed by atoms with Crippen LogP contribution in [0.2, 0.25) is 0 Å². The number of carbonyl (C=O) groups is 2. The third-order valence-corrected chi connectivity index (χ3v) is 5.18. The summed E-state index contributed by atoms with van der Waals surface area (Å²) in [4.78, 5) is 37.6. The maximum atomic E-state index is 13.2. The Kier molecular flexibility index (Phi) is 6.33. The minimum absolute atomic E-state index is 0.0881. The first-order valence-corrected chi connectivity index (χ1v) is 10.3. The molecule has 0 radical (unpaired) electrons. The van der Waals surface area contributed by atoms with E-state index >= 15 is 0 Å². The van der Waals surface area contributed by atoms with Gasteiger partial charge in [-0.1, -0.05) is 18.2 Å². The zero-order valence-corrected chi connectivity index (χ0v) is 18.6. The van der Waals surface area contributed by atoms with E-state index in [9.17, 15) is 19.7 Å². The average Bonchev–Trinajstić information content (AvgIpc) is 2.83. The van der Waals surface area contributed by atoms with Crippen LogP contribution in [0.3, 0.4) is 0 Å². The predicted octanol–water partition coefficient (Wildman–Crippen LogP) is 4.23. The zero-order chi connectivity index (χ0) is 24.2. The van der Waals surface area contributed by atoms with Gasteiger partial charge in [-0.15, -0.1) is 0 Å². The summed E-state index contributed by atoms with van der Waals surface area (Å²) in [6.07, 6.45) is 1.24. The number of nitrogens with zero attached hydrogens (tertiary/aromatic N) is 2. The lowest BCUT2D eigenvalue weighted by Gasteiger charge is -2.29. The van der Waals surface area contributed by atoms with Crippen LogP contribution in [-0.4, -0.2) is 29.0 Å². The molecule has 0 unspecified atom stereocenters. The Morgan fingerprint density at radius 1 is 1.00 bits per heavy atom. The van der Waals surface area contributed by atoms with Gasteiger partial charge in [0.2, 0.25) is 0 Å². The molecule has 0 spiro atoms. The molecule has 1 fully saturated rings. The Hall–Kier alpha value is -4.57. The number of ether oxygens (including phenoxy) is 2. The maximum Gasteiger partial charge on any atom is 0.270 e. The van der Waals surface area contributed by atoms with Gasteiger partial charge in [-0.25, -0.2) is 0 Å². The third-order valence-electron chi connectivity index (χ3n) is 4.90. The first kappa shape index (κ1) is 22.6. The first-order valence-electron chi connectivity index (χ1n) is 9.94. The summed E-state index contributed by atoms with van der Waals surface area (Å²) in [5.41, 5.74) is 0.150. The molecule has 0 atom stereocenters. The third kappa shape index (κ3) is 4.62. The number of non-ortho nitro benzene ring substituents is 1. The van der Waals surface area contributed by atoms with E-state index in [1.807, 2.05) is 30.3 Å². The molecule has 0 saturated carbocycles. The van der Waals surface area contributed by atoms with Gasteiger partial charge in [0.05, 0.1) is 17.7 Å². The van der Waals surface area contributed by atoms with Crippen LogP contribution in [0.4, 0.5) is 11.4 Å². The molecule has 1 aliphatic rings. The van der Waals surface area contributed by atoms with Crippen molar-refractivity contribution < 1.29 is 24.0 Å². The van der Waals surface area contributed by atoms with Gasteiger partial charge in [-0.2, -0.15) is 0 Å². The number of anilines is 1. The van der Waals surface area contributed by atoms with E-state index in [-0.39, 0.29) is 27.7 Å². The summed E-state index contributed by atoms with van der Waals surface area (Å²) >= 11 is 5.22. The quantitative estimate of drug-likeness (QED) is 0.187. The maximum absolute atomic E-state index is 13.2. The second kappa shape index (κ2) is 9.51. The molecule has 4 rings (SSSR count). The molecule has 1 heterocycles. The van der Waals surface area contributed by atoms with E-state index in [1.165, 1.54) is 36.3 Å². The Balaban J connectivity index is 1.65. The summed E-state index contributed by atoms with van der Waals surface area (Å²) in [6, 6.07) is 19.7. The molecule has 2 amide bonds. The van der Waals surface area contributed by atoms with E-state index in [1.54, 1.807) is 24.3 Å². The van der Waals surface area contributed by atoms with E-state index < -0.39 is 16.7 Å². The van der Waals surface area contributed by atoms with Crippen molar-refractivity contribution in [2.75, 3.05) is 12.0 Å². The molecule has 3 aromatic carbocycles. The summed E-state index contributed by atoms with van der Waals surface area (Å²) < 4.78 is 11.0. The van der Waals surface area contributed by atoms with E-state index in [0.717, 1.165) is 0 Å². The Morgan fingerprint density at radius 3 is 2.32 bits per heavy atom. The smallest absolute Gasteiger partial charge is 0.270 e. The molecule has 1 saturated heterocycles. The lowest BCUT2D eigenvalue weighted by Crippen LogP contribution is -2.54. The van der Waals surface area contributed by atoms with Gasteiger partial charge >= 0.3 is 0 Å². The Morgan fingerprint density at radius 2 is 1.68 bits per heavy atom. The van der Waals surface area contributed by atoms with Crippen molar-refractivity contribution in [3.05, 3.63) is 94.0 Å². The van der Waals surface area contributed by atoms with Gasteiger partial charge in [-0.3, -0.25) is 29.9 Å². The lowest BCUT2D eigenvalue weighted by atomic mass is 10.1. The van der Waals surface area contributed by atoms with Crippen LogP contribution in [0.25, 0.3) is 6.08 Å². The molecular formula is C24H17N3O6S. The average molecular weight is 475 g/mol. The molecule has 0 bridgehead atoms. The zero-order valence-electron chi connectivity index (χ0n) is 17.8. The highest BCUT2D eigenvalue weighted by Gasteiger charge is 2.34. The summed E-state index contributed by atoms with van der Waals surface area (Å²) in [6.45, 7) is 0. The number of rotatable bonds is 6. The van der Waals surface area contributed by atoms with Gasteiger partial charge in [0.1, 0.15) is 22.8 Å². The van der Waals surface area contributed by atoms with E-state index in [4.69, 9.17) is 21.7 Å². The summed E-state index contributed by atoms with van der Waals surface area (Å²) in [5, 5.41) is 13.6. The highest BCUT2D eigenvalue weighted by molar-refractivity contribution is 7.80. The number of thiocarbonyl (C=S) groups is 1. The highest BCUT2D eigenvalue weighted by Crippen LogP contribution is 2.30. The summed E-state index contributed by atoms with van der Waals surface area (Å²) in [7, 11) is 1.38. The van der Waals surface area contributed by atoms with Gasteiger partial charge in [0.15, 0.2) is 5.11 Å². The topological polar surface area (TPSA) is 111 Å². The minimum atomic E-state index is -0.719. The molecule has 10 heteroatoms. The fraction of sp³-hybridized carbons (Fsp3) is 0.0417. The molecule has 0 aromatic heterocycles. The summed E-state index contributed by atoms with van der Waals surface area (Å²) in [5.74, 6) is 0.0679. The number of nitro groups is 1. The van der Waals surface area contributed by atoms with Crippen molar-refractivity contribution in [1.82, 2.24) is 5.32 Å². The minimum Gasteiger partial charge on any atom is -0.496 e. The fourth-order valence-corrected chi connectivity index (χ4v) is 3.56. The van der Waals surface area contributed by atoms with Crippen LogP contribution in [0.15, 0.2) is 78.4 Å². The second-order valence-electron chi connectivity index (χ2n) is 7.05. The predicted molar refractivity (Wildman–Crippen MR) is 129 cm³/mol. The van der Waals surface area contributed by atoms with Gasteiger partial charge in [0.25, 0.3) is 17.5 Å². The van der Waals surface area contributed by atoms with Crippen molar-refractivity contribution >= 4 is 46.6 Å². The van der Waals surface area contributed by atoms with Crippen LogP contribution in [-0.2, 0) is 9.59 Å². The van der Waals surface area contributed by atoms with Crippen molar-refractivity contribution in [2.45, 2.75) is 0 Å². The molecule has 170 valence electrons. The van der Waals surface area contributed by atoms with Crippen LogP contribution >= 0.6 is 12.2 Å². The van der Waals surface area contributed by atoms with Crippen molar-refractivity contribution in [3.8, 4) is 17.2 Å². The van der Waals surface area contributed by atoms with Crippen LogP contribution < -0.4 is 19.7 Å². The number of nitro benzene ring substituents is 1. The number of hydrogen-bond donors (Lipinski definition) is 1. The standard InChI is InChI=1S/C24H17N3O6S/c1-32-21-12-9-17(27(30)31)13-15(21)14-20-22(28)25-24(34)26(23(20)29)16-7-10-19(11-8-16)33-18-5-3-2-4-6-18/h2-14H,1H3,(H,25,28,34)/b20-14+. The SMILES string of the molecule is COc1ccc([N+](=O)[O-])cc1/C=C1\C(=O)NC(=S)N(c2ccc(Oc3ccccc3)cc2)C1=O. The van der Waals surface area contributed by atoms with Gasteiger partial charge < -0.3 is 9.47 Å². The number of methoxy groups -OCH3 is 1. The van der Waals surface area contributed by atoms with Crippen LogP contribution in [0.5, 0.6) is 17.2 Å². The number of hydrogen-bond acceptors (Lipinski definition) is 7. The molecule has 1 aliphatic heterocycles. The number of para-hydroxylation sites is 1. The van der Waals surface area contributed by atoms with E-state index in [0.29, 0.717) is 17.2 Å². The largest absolute Gasteiger partial charge is 0.496 e. The van der Waals surface area contributed by atoms with E-state index in [2.05, 4.69) is 5.32 Å². The monoisotopic (exact) mass is 475 g/mol. The van der Waals surface area contributed by atoms with Crippen molar-refractivity contribution in [1.29, 1.82) is 0 Å². The fourth-order valence-electron chi connectivity index (χ4n) is 3.28. The molecule has 3 aromatic rings. The molecule has 0 aliphatic carbocycles. The molecule has 1 N–H and O–H groups in total.